The van der Waals surface area contributed by atoms with Crippen molar-refractivity contribution in [3.63, 3.8) is 0 Å². The first-order valence-electron chi connectivity index (χ1n) is 14.1. The van der Waals surface area contributed by atoms with Crippen molar-refractivity contribution < 1.29 is 28.9 Å². The molecular formula is C31H39NO6. The van der Waals surface area contributed by atoms with E-state index in [1.54, 1.807) is 36.4 Å². The van der Waals surface area contributed by atoms with Crippen molar-refractivity contribution in [1.82, 2.24) is 0 Å². The molecule has 5 aliphatic rings. The summed E-state index contributed by atoms with van der Waals surface area (Å²) < 4.78 is 19.1. The largest absolute Gasteiger partial charge is 0.486 e. The smallest absolute Gasteiger partial charge is 0.205 e. The van der Waals surface area contributed by atoms with E-state index >= 15 is 0 Å². The van der Waals surface area contributed by atoms with Crippen LogP contribution in [0.2, 0.25) is 0 Å². The van der Waals surface area contributed by atoms with Gasteiger partial charge in [-0.3, -0.25) is 9.59 Å². The van der Waals surface area contributed by atoms with Crippen LogP contribution in [-0.4, -0.2) is 47.4 Å². The Morgan fingerprint density at radius 3 is 2.74 bits per heavy atom. The summed E-state index contributed by atoms with van der Waals surface area (Å²) in [5.41, 5.74) is 5.41. The third kappa shape index (κ3) is 3.58. The maximum Gasteiger partial charge on any atom is 0.205 e. The van der Waals surface area contributed by atoms with Gasteiger partial charge >= 0.3 is 0 Å². The highest BCUT2D eigenvalue weighted by molar-refractivity contribution is 6.01. The van der Waals surface area contributed by atoms with E-state index in [4.69, 9.17) is 19.9 Å². The van der Waals surface area contributed by atoms with Crippen LogP contribution in [0.4, 0.5) is 5.69 Å². The van der Waals surface area contributed by atoms with E-state index in [1.807, 2.05) is 6.08 Å². The molecular weight excluding hydrogens is 482 g/mol. The van der Waals surface area contributed by atoms with E-state index in [0.29, 0.717) is 24.3 Å². The molecule has 0 aromatic heterocycles. The minimum absolute atomic E-state index is 0.0200. The molecule has 1 aliphatic heterocycles. The molecule has 38 heavy (non-hydrogen) atoms. The lowest BCUT2D eigenvalue weighted by Crippen LogP contribution is -2.63. The molecule has 0 amide bonds. The second-order valence-corrected chi connectivity index (χ2v) is 12.4. The number of aliphatic hydroxyl groups is 1. The molecule has 1 aromatic rings. The van der Waals surface area contributed by atoms with Crippen molar-refractivity contribution >= 4 is 17.3 Å². The number of ketones is 2. The summed E-state index contributed by atoms with van der Waals surface area (Å²) in [6.07, 6.45) is 8.42. The van der Waals surface area contributed by atoms with E-state index in [9.17, 15) is 14.7 Å². The lowest BCUT2D eigenvalue weighted by Gasteiger charge is -2.59. The van der Waals surface area contributed by atoms with E-state index in [-0.39, 0.29) is 47.4 Å². The number of rotatable bonds is 6. The summed E-state index contributed by atoms with van der Waals surface area (Å²) in [7, 11) is 0. The van der Waals surface area contributed by atoms with Gasteiger partial charge in [-0.1, -0.05) is 38.8 Å². The molecule has 0 bridgehead atoms. The summed E-state index contributed by atoms with van der Waals surface area (Å²) in [5.74, 6) is 0.789. The van der Waals surface area contributed by atoms with Crippen molar-refractivity contribution in [2.45, 2.75) is 83.4 Å². The monoisotopic (exact) mass is 521 g/mol. The zero-order valence-corrected chi connectivity index (χ0v) is 22.5. The highest BCUT2D eigenvalue weighted by atomic mass is 16.7. The number of nitrogens with two attached hydrogens (primary N) is 1. The van der Waals surface area contributed by atoms with Crippen LogP contribution in [0.15, 0.2) is 48.1 Å². The number of hydrogen-bond donors (Lipinski definition) is 2. The van der Waals surface area contributed by atoms with Gasteiger partial charge < -0.3 is 25.1 Å². The average molecular weight is 522 g/mol. The molecule has 1 saturated heterocycles. The van der Waals surface area contributed by atoms with Crippen molar-refractivity contribution in [2.75, 3.05) is 12.3 Å². The number of nitrogen functional groups attached to an aromatic ring is 1. The van der Waals surface area contributed by atoms with Gasteiger partial charge in [-0.25, -0.2) is 0 Å². The number of anilines is 1. The summed E-state index contributed by atoms with van der Waals surface area (Å²) >= 11 is 0. The van der Waals surface area contributed by atoms with Crippen molar-refractivity contribution in [1.29, 1.82) is 0 Å². The van der Waals surface area contributed by atoms with Gasteiger partial charge in [0.2, 0.25) is 5.78 Å². The molecule has 7 nitrogen and oxygen atoms in total. The van der Waals surface area contributed by atoms with Gasteiger partial charge in [-0.2, -0.15) is 0 Å². The first-order valence-corrected chi connectivity index (χ1v) is 14.1. The number of hydrogen-bond acceptors (Lipinski definition) is 7. The van der Waals surface area contributed by atoms with Crippen molar-refractivity contribution in [3.8, 4) is 5.75 Å². The standard InChI is InChI=1S/C31H39NO6/c1-4-5-27-37-26-15-23-22-11-6-18-14-20(33)12-13-29(18,2)28(22)24(34)16-30(23,3)31(26,38-27)25(35)17-36-21-9-7-19(32)8-10-21/h7-10,12-14,22-24,26-28,34H,4-6,11,15-17,32H2,1-3H3/t22-,23?,24-,26?,27?,28?,29-,30-,31+/m0/s1. The van der Waals surface area contributed by atoms with Gasteiger partial charge in [0.15, 0.2) is 17.7 Å². The molecule has 6 rings (SSSR count). The summed E-state index contributed by atoms with van der Waals surface area (Å²) in [4.78, 5) is 26.3. The fraction of sp³-hybridized carbons (Fsp3) is 0.613. The van der Waals surface area contributed by atoms with E-state index in [2.05, 4.69) is 20.8 Å². The van der Waals surface area contributed by atoms with Crippen LogP contribution in [0.1, 0.15) is 59.3 Å². The molecule has 3 saturated carbocycles. The third-order valence-electron chi connectivity index (χ3n) is 10.5. The Hall–Kier alpha value is -2.48. The van der Waals surface area contributed by atoms with E-state index in [1.165, 1.54) is 0 Å². The molecule has 0 spiro atoms. The number of allylic oxidation sites excluding steroid dienone is 4. The van der Waals surface area contributed by atoms with Crippen LogP contribution in [0, 0.1) is 28.6 Å². The van der Waals surface area contributed by atoms with Gasteiger partial charge in [-0.05, 0) is 80.4 Å². The normalized spacial score (nSPS) is 43.1. The van der Waals surface area contributed by atoms with Crippen LogP contribution in [-0.2, 0) is 19.1 Å². The number of carbonyl (C=O) groups excluding carboxylic acids is 2. The Morgan fingerprint density at radius 1 is 1.24 bits per heavy atom. The van der Waals surface area contributed by atoms with Crippen LogP contribution < -0.4 is 10.5 Å². The molecule has 1 heterocycles. The molecule has 1 aromatic carbocycles. The number of aliphatic hydroxyl groups excluding tert-OH is 1. The number of benzene rings is 1. The van der Waals surface area contributed by atoms with Crippen LogP contribution in [0.3, 0.4) is 0 Å². The van der Waals surface area contributed by atoms with Crippen molar-refractivity contribution in [2.24, 2.45) is 28.6 Å². The highest BCUT2D eigenvalue weighted by Gasteiger charge is 2.75. The summed E-state index contributed by atoms with van der Waals surface area (Å²) in [6.45, 7) is 6.23. The predicted octanol–water partition coefficient (Wildman–Crippen LogP) is 4.39. The van der Waals surface area contributed by atoms with Gasteiger partial charge in [0.1, 0.15) is 12.4 Å². The Balaban J connectivity index is 1.34. The topological polar surface area (TPSA) is 108 Å². The second kappa shape index (κ2) is 9.04. The lowest BCUT2D eigenvalue weighted by molar-refractivity contribution is -0.200. The van der Waals surface area contributed by atoms with Crippen LogP contribution >= 0.6 is 0 Å². The minimum atomic E-state index is -1.17. The maximum absolute atomic E-state index is 14.2. The predicted molar refractivity (Wildman–Crippen MR) is 142 cm³/mol. The van der Waals surface area contributed by atoms with Gasteiger partial charge in [0.05, 0.1) is 12.2 Å². The molecule has 204 valence electrons. The zero-order chi connectivity index (χ0) is 26.9. The molecule has 4 unspecified atom stereocenters. The first kappa shape index (κ1) is 25.8. The Kier molecular flexibility index (Phi) is 6.13. The zero-order valence-electron chi connectivity index (χ0n) is 22.5. The van der Waals surface area contributed by atoms with Gasteiger partial charge in [0, 0.05) is 22.4 Å². The van der Waals surface area contributed by atoms with E-state index < -0.39 is 23.4 Å². The molecule has 4 fully saturated rings. The Morgan fingerprint density at radius 2 is 2.00 bits per heavy atom. The summed E-state index contributed by atoms with van der Waals surface area (Å²) in [6, 6.07) is 7.01. The average Bonchev–Trinajstić information content (AvgIpc) is 3.36. The van der Waals surface area contributed by atoms with E-state index in [0.717, 1.165) is 31.3 Å². The van der Waals surface area contributed by atoms with Crippen molar-refractivity contribution in [3.05, 3.63) is 48.1 Å². The third-order valence-corrected chi connectivity index (χ3v) is 10.5. The minimum Gasteiger partial charge on any atom is -0.486 e. The Bertz CT molecular complexity index is 1190. The summed E-state index contributed by atoms with van der Waals surface area (Å²) in [5, 5.41) is 11.8. The molecule has 7 heteroatoms. The fourth-order valence-corrected chi connectivity index (χ4v) is 8.83. The number of carbonyl (C=O) groups is 2. The second-order valence-electron chi connectivity index (χ2n) is 12.4. The first-order chi connectivity index (χ1) is 18.1. The SMILES string of the molecule is CCCC1OC2CC3[C@@H]4CCC5=CC(=O)C=C[C@]5(C)C4[C@@H](O)C[C@]3(C)[C@]2(C(=O)COc2ccc(N)cc2)O1. The molecule has 3 N–H and O–H groups in total. The molecule has 0 radical (unpaired) electrons. The van der Waals surface area contributed by atoms with Gasteiger partial charge in [0.25, 0.3) is 0 Å². The number of fused-ring (bicyclic) bond motifs is 7. The lowest BCUT2D eigenvalue weighted by atomic mass is 9.46. The number of ether oxygens (including phenoxy) is 3. The Labute approximate surface area is 224 Å². The fourth-order valence-electron chi connectivity index (χ4n) is 8.83. The molecule has 9 atom stereocenters. The van der Waals surface area contributed by atoms with Crippen LogP contribution in [0.5, 0.6) is 5.75 Å². The number of Topliss-reactive ketones (excluding diaryl/α,β-unsaturated/α-hetero) is 1. The maximum atomic E-state index is 14.2. The molecule has 4 aliphatic carbocycles. The van der Waals surface area contributed by atoms with Gasteiger partial charge in [-0.15, -0.1) is 0 Å². The quantitative estimate of drug-likeness (QED) is 0.535. The highest BCUT2D eigenvalue weighted by Crippen LogP contribution is 2.69. The van der Waals surface area contributed by atoms with Crippen LogP contribution in [0.25, 0.3) is 0 Å².